The molecule has 0 aliphatic carbocycles. The maximum Gasteiger partial charge on any atom is 0.253 e. The van der Waals surface area contributed by atoms with Crippen LogP contribution in [0.15, 0.2) is 110 Å². The van der Waals surface area contributed by atoms with Crippen molar-refractivity contribution >= 4 is 35.0 Å². The molecule has 9 heteroatoms. The van der Waals surface area contributed by atoms with Crippen LogP contribution in [0.4, 0.5) is 5.69 Å². The van der Waals surface area contributed by atoms with Gasteiger partial charge in [-0.05, 0) is 61.6 Å². The molecule has 0 saturated carbocycles. The van der Waals surface area contributed by atoms with E-state index >= 15 is 4.79 Å². The number of aliphatic hydroxyl groups excluding tert-OH is 1. The van der Waals surface area contributed by atoms with Crippen molar-refractivity contribution < 1.29 is 24.2 Å². The minimum atomic E-state index is -1.27. The summed E-state index contributed by atoms with van der Waals surface area (Å²) in [6.45, 7) is 10.1. The molecule has 3 amide bonds. The zero-order valence-electron chi connectivity index (χ0n) is 27.2. The van der Waals surface area contributed by atoms with Gasteiger partial charge in [0.2, 0.25) is 11.8 Å². The molecule has 6 atom stereocenters. The van der Waals surface area contributed by atoms with Crippen LogP contribution in [0.25, 0.3) is 0 Å². The van der Waals surface area contributed by atoms with Crippen molar-refractivity contribution in [3.8, 4) is 0 Å². The average molecular weight is 668 g/mol. The van der Waals surface area contributed by atoms with E-state index in [1.54, 1.807) is 46.2 Å². The standard InChI is InChI=1S/C39H42ClN3O5/c1-4-22-41(25-28-14-10-7-11-15-28)35(45)32-33-36(46)43(31(26-44)24-27-12-8-6-9-13-27)34(39(33)21-20-38(32,3)48-39)37(47)42(23-5-2)30-18-16-29(40)17-19-30/h4-19,31-34,44H,1-2,20-26H2,3H3/t31-,32+,33+,34?,38-,39?/m1/s1. The highest BCUT2D eigenvalue weighted by molar-refractivity contribution is 6.30. The highest BCUT2D eigenvalue weighted by Crippen LogP contribution is 2.64. The number of halogens is 1. The molecular formula is C39H42ClN3O5. The van der Waals surface area contributed by atoms with Gasteiger partial charge in [-0.1, -0.05) is 84.4 Å². The lowest BCUT2D eigenvalue weighted by molar-refractivity contribution is -0.152. The van der Waals surface area contributed by atoms with E-state index in [0.717, 1.165) is 11.1 Å². The molecule has 6 rings (SSSR count). The van der Waals surface area contributed by atoms with E-state index in [2.05, 4.69) is 13.2 Å². The van der Waals surface area contributed by atoms with Crippen LogP contribution < -0.4 is 4.90 Å². The molecule has 3 saturated heterocycles. The van der Waals surface area contributed by atoms with Gasteiger partial charge in [0.15, 0.2) is 0 Å². The summed E-state index contributed by atoms with van der Waals surface area (Å²) in [5, 5.41) is 11.4. The Morgan fingerprint density at radius 2 is 1.58 bits per heavy atom. The highest BCUT2D eigenvalue weighted by Gasteiger charge is 2.79. The predicted octanol–water partition coefficient (Wildman–Crippen LogP) is 5.44. The van der Waals surface area contributed by atoms with Crippen molar-refractivity contribution in [2.45, 2.75) is 56.0 Å². The second-order valence-electron chi connectivity index (χ2n) is 13.2. The van der Waals surface area contributed by atoms with Gasteiger partial charge in [-0.15, -0.1) is 13.2 Å². The Balaban J connectivity index is 1.45. The maximum atomic E-state index is 15.0. The van der Waals surface area contributed by atoms with E-state index in [1.165, 1.54) is 4.90 Å². The molecule has 3 aliphatic rings. The molecule has 3 fully saturated rings. The maximum absolute atomic E-state index is 15.0. The number of ether oxygens (including phenoxy) is 1. The van der Waals surface area contributed by atoms with Gasteiger partial charge in [0.05, 0.1) is 30.1 Å². The summed E-state index contributed by atoms with van der Waals surface area (Å²) in [5.41, 5.74) is 0.221. The fourth-order valence-corrected chi connectivity index (χ4v) is 8.28. The summed E-state index contributed by atoms with van der Waals surface area (Å²) >= 11 is 6.20. The molecule has 0 radical (unpaired) electrons. The second kappa shape index (κ2) is 13.7. The molecular weight excluding hydrogens is 626 g/mol. The molecule has 3 aliphatic heterocycles. The molecule has 1 N–H and O–H groups in total. The molecule has 250 valence electrons. The number of amides is 3. The molecule has 48 heavy (non-hydrogen) atoms. The number of carbonyl (C=O) groups excluding carboxylic acids is 3. The number of nitrogens with zero attached hydrogens (tertiary/aromatic N) is 3. The van der Waals surface area contributed by atoms with Crippen LogP contribution in [0.1, 0.15) is 30.9 Å². The van der Waals surface area contributed by atoms with Crippen molar-refractivity contribution in [1.82, 2.24) is 9.80 Å². The van der Waals surface area contributed by atoms with Crippen molar-refractivity contribution in [2.24, 2.45) is 11.8 Å². The minimum absolute atomic E-state index is 0.173. The van der Waals surface area contributed by atoms with Crippen LogP contribution in [-0.4, -0.2) is 75.6 Å². The molecule has 2 bridgehead atoms. The van der Waals surface area contributed by atoms with Gasteiger partial charge in [0.25, 0.3) is 5.91 Å². The first-order valence-corrected chi connectivity index (χ1v) is 16.8. The molecule has 1 spiro atoms. The van der Waals surface area contributed by atoms with Crippen LogP contribution >= 0.6 is 11.6 Å². The van der Waals surface area contributed by atoms with Crippen LogP contribution in [0.2, 0.25) is 5.02 Å². The van der Waals surface area contributed by atoms with Crippen molar-refractivity contribution in [2.75, 3.05) is 24.6 Å². The lowest BCUT2D eigenvalue weighted by atomic mass is 9.66. The molecule has 8 nitrogen and oxygen atoms in total. The van der Waals surface area contributed by atoms with E-state index < -0.39 is 35.1 Å². The summed E-state index contributed by atoms with van der Waals surface area (Å²) in [6, 6.07) is 24.4. The number of aliphatic hydroxyl groups is 1. The van der Waals surface area contributed by atoms with Gasteiger partial charge < -0.3 is 24.5 Å². The van der Waals surface area contributed by atoms with E-state index in [4.69, 9.17) is 16.3 Å². The Labute approximate surface area is 287 Å². The van der Waals surface area contributed by atoms with Crippen LogP contribution in [0.5, 0.6) is 0 Å². The Morgan fingerprint density at radius 1 is 0.958 bits per heavy atom. The zero-order valence-corrected chi connectivity index (χ0v) is 28.0. The molecule has 3 aromatic carbocycles. The molecule has 3 aromatic rings. The first-order valence-electron chi connectivity index (χ1n) is 16.5. The third-order valence-electron chi connectivity index (χ3n) is 10.2. The van der Waals surface area contributed by atoms with Gasteiger partial charge in [0, 0.05) is 30.3 Å². The second-order valence-corrected chi connectivity index (χ2v) is 13.6. The van der Waals surface area contributed by atoms with Crippen molar-refractivity contribution in [1.29, 1.82) is 0 Å². The lowest BCUT2D eigenvalue weighted by Crippen LogP contribution is -2.59. The van der Waals surface area contributed by atoms with Gasteiger partial charge in [-0.2, -0.15) is 0 Å². The third kappa shape index (κ3) is 5.87. The van der Waals surface area contributed by atoms with E-state index in [9.17, 15) is 14.7 Å². The summed E-state index contributed by atoms with van der Waals surface area (Å²) in [5.74, 6) is -2.66. The summed E-state index contributed by atoms with van der Waals surface area (Å²) < 4.78 is 6.93. The Bertz CT molecular complexity index is 1670. The number of rotatable bonds is 13. The van der Waals surface area contributed by atoms with Gasteiger partial charge in [-0.3, -0.25) is 14.4 Å². The molecule has 3 heterocycles. The van der Waals surface area contributed by atoms with Crippen molar-refractivity contribution in [3.63, 3.8) is 0 Å². The molecule has 0 aromatic heterocycles. The summed E-state index contributed by atoms with van der Waals surface area (Å²) in [6.07, 6.45) is 4.56. The number of anilines is 1. The topological polar surface area (TPSA) is 90.4 Å². The van der Waals surface area contributed by atoms with Crippen LogP contribution in [0.3, 0.4) is 0 Å². The predicted molar refractivity (Wildman–Crippen MR) is 186 cm³/mol. The first-order chi connectivity index (χ1) is 23.2. The van der Waals surface area contributed by atoms with E-state index in [-0.39, 0.29) is 37.4 Å². The quantitative estimate of drug-likeness (QED) is 0.245. The smallest absolute Gasteiger partial charge is 0.253 e. The Hall–Kier alpha value is -4.24. The van der Waals surface area contributed by atoms with E-state index in [1.807, 2.05) is 67.6 Å². The summed E-state index contributed by atoms with van der Waals surface area (Å²) in [7, 11) is 0. The third-order valence-corrected chi connectivity index (χ3v) is 10.5. The fraction of sp³-hybridized carbons (Fsp3) is 0.359. The monoisotopic (exact) mass is 667 g/mol. The van der Waals surface area contributed by atoms with Crippen LogP contribution in [0, 0.1) is 11.8 Å². The lowest BCUT2D eigenvalue weighted by Gasteiger charge is -2.39. The number of likely N-dealkylation sites (tertiary alicyclic amines) is 1. The van der Waals surface area contributed by atoms with E-state index in [0.29, 0.717) is 36.5 Å². The summed E-state index contributed by atoms with van der Waals surface area (Å²) in [4.78, 5) is 49.5. The average Bonchev–Trinajstić information content (AvgIpc) is 3.67. The number of carbonyl (C=O) groups is 3. The van der Waals surface area contributed by atoms with Gasteiger partial charge in [-0.25, -0.2) is 0 Å². The number of benzene rings is 3. The first kappa shape index (κ1) is 33.7. The Kier molecular flexibility index (Phi) is 9.61. The van der Waals surface area contributed by atoms with Crippen LogP contribution in [-0.2, 0) is 32.1 Å². The zero-order chi connectivity index (χ0) is 34.1. The minimum Gasteiger partial charge on any atom is -0.394 e. The normalized spacial score (nSPS) is 26.2. The number of fused-ring (bicyclic) bond motifs is 1. The molecule has 2 unspecified atom stereocenters. The fourth-order valence-electron chi connectivity index (χ4n) is 8.16. The highest BCUT2D eigenvalue weighted by atomic mass is 35.5. The SMILES string of the molecule is C=CCN(Cc1ccccc1)C(=O)[C@@H]1[C@H]2C(=O)N([C@@H](CO)Cc3ccccc3)C(C(=O)N(CC=C)c3ccc(Cl)cc3)C23CC[C@@]1(C)O3. The Morgan fingerprint density at radius 3 is 2.19 bits per heavy atom. The number of hydrogen-bond donors (Lipinski definition) is 1. The van der Waals surface area contributed by atoms with Gasteiger partial charge >= 0.3 is 0 Å². The van der Waals surface area contributed by atoms with Gasteiger partial charge in [0.1, 0.15) is 11.6 Å². The largest absolute Gasteiger partial charge is 0.394 e. The van der Waals surface area contributed by atoms with Crippen molar-refractivity contribution in [3.05, 3.63) is 126 Å². The number of hydrogen-bond acceptors (Lipinski definition) is 5.